The van der Waals surface area contributed by atoms with Crippen molar-refractivity contribution in [1.29, 1.82) is 0 Å². The van der Waals surface area contributed by atoms with Crippen molar-refractivity contribution in [3.63, 3.8) is 0 Å². The molecule has 2 aliphatic rings. The van der Waals surface area contributed by atoms with Gasteiger partial charge in [0.25, 0.3) is 0 Å². The Morgan fingerprint density at radius 2 is 2.29 bits per heavy atom. The summed E-state index contributed by atoms with van der Waals surface area (Å²) < 4.78 is 5.23. The second kappa shape index (κ2) is 6.32. The van der Waals surface area contributed by atoms with Crippen LogP contribution in [0.3, 0.4) is 0 Å². The molecular weight excluding hydrogens is 282 g/mol. The first-order valence-electron chi connectivity index (χ1n) is 8.13. The van der Waals surface area contributed by atoms with E-state index in [2.05, 4.69) is 24.1 Å². The van der Waals surface area contributed by atoms with Crippen LogP contribution in [0.4, 0.5) is 0 Å². The highest BCUT2D eigenvalue weighted by Gasteiger charge is 2.45. The number of methoxy groups -OCH3 is 1. The van der Waals surface area contributed by atoms with Gasteiger partial charge in [0.2, 0.25) is 0 Å². The smallest absolute Gasteiger partial charge is 0.115 e. The molecule has 1 aliphatic carbocycles. The minimum atomic E-state index is 0.0456. The van der Waals surface area contributed by atoms with E-state index >= 15 is 0 Å². The molecule has 1 saturated heterocycles. The molecular formula is C16H27N3OS. The second-order valence-corrected chi connectivity index (χ2v) is 7.53. The van der Waals surface area contributed by atoms with Gasteiger partial charge in [-0.05, 0) is 32.6 Å². The summed E-state index contributed by atoms with van der Waals surface area (Å²) in [7, 11) is 1.77. The van der Waals surface area contributed by atoms with Gasteiger partial charge in [-0.1, -0.05) is 6.92 Å². The normalized spacial score (nSPS) is 26.6. The fourth-order valence-electron chi connectivity index (χ4n) is 3.34. The van der Waals surface area contributed by atoms with Gasteiger partial charge in [-0.15, -0.1) is 11.3 Å². The number of aromatic nitrogens is 1. The van der Waals surface area contributed by atoms with E-state index in [0.29, 0.717) is 0 Å². The van der Waals surface area contributed by atoms with Crippen molar-refractivity contribution >= 4 is 11.3 Å². The van der Waals surface area contributed by atoms with E-state index in [1.54, 1.807) is 7.11 Å². The van der Waals surface area contributed by atoms with Crippen molar-refractivity contribution in [2.75, 3.05) is 33.4 Å². The van der Waals surface area contributed by atoms with E-state index in [-0.39, 0.29) is 5.54 Å². The highest BCUT2D eigenvalue weighted by molar-refractivity contribution is 7.11. The van der Waals surface area contributed by atoms with Crippen LogP contribution in [0, 0.1) is 6.92 Å². The third kappa shape index (κ3) is 3.16. The van der Waals surface area contributed by atoms with E-state index in [1.165, 1.54) is 41.4 Å². The highest BCUT2D eigenvalue weighted by atomic mass is 32.1. The van der Waals surface area contributed by atoms with Crippen molar-refractivity contribution < 1.29 is 4.74 Å². The summed E-state index contributed by atoms with van der Waals surface area (Å²) in [5.41, 5.74) is 1.32. The van der Waals surface area contributed by atoms with Gasteiger partial charge >= 0.3 is 0 Å². The third-order valence-electron chi connectivity index (χ3n) is 4.77. The maximum absolute atomic E-state index is 5.23. The van der Waals surface area contributed by atoms with Crippen LogP contribution < -0.4 is 5.32 Å². The predicted molar refractivity (Wildman–Crippen MR) is 87.0 cm³/mol. The Morgan fingerprint density at radius 3 is 2.90 bits per heavy atom. The van der Waals surface area contributed by atoms with Gasteiger partial charge in [0.15, 0.2) is 0 Å². The molecule has 1 N–H and O–H groups in total. The summed E-state index contributed by atoms with van der Waals surface area (Å²) in [6.07, 6.45) is 4.96. The molecule has 1 aliphatic heterocycles. The Morgan fingerprint density at radius 1 is 1.48 bits per heavy atom. The molecule has 1 atom stereocenters. The first-order valence-corrected chi connectivity index (χ1v) is 8.95. The van der Waals surface area contributed by atoms with Crippen LogP contribution in [0.2, 0.25) is 0 Å². The second-order valence-electron chi connectivity index (χ2n) is 6.33. The summed E-state index contributed by atoms with van der Waals surface area (Å²) in [6.45, 7) is 8.37. The molecule has 4 nitrogen and oxygen atoms in total. The maximum Gasteiger partial charge on any atom is 0.115 e. The lowest BCUT2D eigenvalue weighted by Gasteiger charge is -2.29. The zero-order valence-electron chi connectivity index (χ0n) is 13.4. The minimum absolute atomic E-state index is 0.0456. The van der Waals surface area contributed by atoms with Crippen LogP contribution in [0.1, 0.15) is 41.8 Å². The number of rotatable bonds is 7. The number of hydrogen-bond donors (Lipinski definition) is 1. The lowest BCUT2D eigenvalue weighted by molar-refractivity contribution is 0.181. The summed E-state index contributed by atoms with van der Waals surface area (Å²) in [6, 6.07) is 0.836. The highest BCUT2D eigenvalue weighted by Crippen LogP contribution is 2.40. The lowest BCUT2D eigenvalue weighted by Crippen LogP contribution is -2.46. The minimum Gasteiger partial charge on any atom is -0.383 e. The summed E-state index contributed by atoms with van der Waals surface area (Å²) in [5, 5.41) is 5.06. The molecule has 1 aromatic rings. The zero-order chi connectivity index (χ0) is 14.9. The van der Waals surface area contributed by atoms with E-state index in [1.807, 2.05) is 11.3 Å². The fourth-order valence-corrected chi connectivity index (χ4v) is 4.53. The summed E-state index contributed by atoms with van der Waals surface area (Å²) >= 11 is 1.89. The predicted octanol–water partition coefficient (Wildman–Crippen LogP) is 2.31. The summed E-state index contributed by atoms with van der Waals surface area (Å²) in [5.74, 6) is 0. The number of nitrogens with one attached hydrogen (secondary N) is 1. The first kappa shape index (κ1) is 15.4. The standard InChI is InChI=1S/C16H27N3OS/c1-4-14-12(2)21-15(18-14)16(17-8-10-20-3)7-9-19(11-16)13-5-6-13/h13,17H,4-11H2,1-3H3. The molecule has 1 saturated carbocycles. The Labute approximate surface area is 131 Å². The van der Waals surface area contributed by atoms with Gasteiger partial charge in [-0.25, -0.2) is 4.98 Å². The first-order chi connectivity index (χ1) is 10.2. The molecule has 1 aromatic heterocycles. The monoisotopic (exact) mass is 309 g/mol. The van der Waals surface area contributed by atoms with Gasteiger partial charge in [-0.2, -0.15) is 0 Å². The average Bonchev–Trinajstić information content (AvgIpc) is 3.13. The topological polar surface area (TPSA) is 37.4 Å². The quantitative estimate of drug-likeness (QED) is 0.784. The van der Waals surface area contributed by atoms with Crippen LogP contribution in [0.5, 0.6) is 0 Å². The lowest BCUT2D eigenvalue weighted by atomic mass is 9.99. The SMILES string of the molecule is CCc1nc(C2(NCCOC)CCN(C3CC3)C2)sc1C. The largest absolute Gasteiger partial charge is 0.383 e. The molecule has 0 amide bonds. The number of nitrogens with zero attached hydrogens (tertiary/aromatic N) is 2. The van der Waals surface area contributed by atoms with E-state index < -0.39 is 0 Å². The number of aryl methyl sites for hydroxylation is 2. The number of thiazole rings is 1. The molecule has 118 valence electrons. The van der Waals surface area contributed by atoms with Crippen LogP contribution in [-0.2, 0) is 16.7 Å². The van der Waals surface area contributed by atoms with Gasteiger partial charge in [0.1, 0.15) is 5.01 Å². The number of likely N-dealkylation sites (tertiary alicyclic amines) is 1. The molecule has 0 bridgehead atoms. The van der Waals surface area contributed by atoms with E-state index in [4.69, 9.17) is 9.72 Å². The number of hydrogen-bond acceptors (Lipinski definition) is 5. The van der Waals surface area contributed by atoms with Crippen molar-refractivity contribution in [1.82, 2.24) is 15.2 Å². The Hall–Kier alpha value is -0.490. The molecule has 2 fully saturated rings. The Bertz CT molecular complexity index is 486. The van der Waals surface area contributed by atoms with Gasteiger partial charge in [0, 0.05) is 37.7 Å². The van der Waals surface area contributed by atoms with Crippen LogP contribution in [-0.4, -0.2) is 49.3 Å². The van der Waals surface area contributed by atoms with Crippen molar-refractivity contribution in [3.8, 4) is 0 Å². The maximum atomic E-state index is 5.23. The van der Waals surface area contributed by atoms with E-state index in [0.717, 1.165) is 32.2 Å². The van der Waals surface area contributed by atoms with Gasteiger partial charge < -0.3 is 10.1 Å². The number of ether oxygens (including phenoxy) is 1. The summed E-state index contributed by atoms with van der Waals surface area (Å²) in [4.78, 5) is 9.00. The Balaban J connectivity index is 1.80. The fraction of sp³-hybridized carbons (Fsp3) is 0.812. The van der Waals surface area contributed by atoms with Crippen molar-refractivity contribution in [3.05, 3.63) is 15.6 Å². The Kier molecular flexibility index (Phi) is 4.64. The van der Waals surface area contributed by atoms with Crippen LogP contribution >= 0.6 is 11.3 Å². The van der Waals surface area contributed by atoms with Crippen molar-refractivity contribution in [2.45, 2.75) is 51.1 Å². The van der Waals surface area contributed by atoms with E-state index in [9.17, 15) is 0 Å². The van der Waals surface area contributed by atoms with Gasteiger partial charge in [-0.3, -0.25) is 4.90 Å². The molecule has 1 unspecified atom stereocenters. The molecule has 0 spiro atoms. The van der Waals surface area contributed by atoms with Crippen molar-refractivity contribution in [2.24, 2.45) is 0 Å². The zero-order valence-corrected chi connectivity index (χ0v) is 14.3. The molecule has 5 heteroatoms. The molecule has 0 aromatic carbocycles. The third-order valence-corrected chi connectivity index (χ3v) is 5.99. The average molecular weight is 309 g/mol. The van der Waals surface area contributed by atoms with Crippen LogP contribution in [0.15, 0.2) is 0 Å². The molecule has 21 heavy (non-hydrogen) atoms. The molecule has 3 rings (SSSR count). The van der Waals surface area contributed by atoms with Crippen LogP contribution in [0.25, 0.3) is 0 Å². The molecule has 0 radical (unpaired) electrons. The molecule has 2 heterocycles. The van der Waals surface area contributed by atoms with Gasteiger partial charge in [0.05, 0.1) is 17.8 Å².